The monoisotopic (exact) mass is 215 g/mol. The van der Waals surface area contributed by atoms with Gasteiger partial charge in [-0.05, 0) is 12.2 Å². The van der Waals surface area contributed by atoms with Gasteiger partial charge in [-0.15, -0.1) is 0 Å². The normalized spacial score (nSPS) is 10.4. The van der Waals surface area contributed by atoms with Crippen molar-refractivity contribution < 1.29 is 4.79 Å². The number of carbonyl (C=O) groups excluding carboxylic acids is 1. The van der Waals surface area contributed by atoms with Crippen LogP contribution in [-0.4, -0.2) is 17.8 Å². The van der Waals surface area contributed by atoms with E-state index >= 15 is 0 Å². The molecule has 0 fully saturated rings. The third kappa shape index (κ3) is 12.0. The van der Waals surface area contributed by atoms with Gasteiger partial charge in [0.2, 0.25) is 6.29 Å². The summed E-state index contributed by atoms with van der Waals surface area (Å²) in [4.78, 5) is 9.89. The van der Waals surface area contributed by atoms with Crippen molar-refractivity contribution in [2.24, 2.45) is 0 Å². The Morgan fingerprint density at radius 1 is 0.929 bits per heavy atom. The molecule has 0 saturated carbocycles. The Kier molecular flexibility index (Phi) is 13.0. The molecule has 83 valence electrons. The third-order valence-corrected chi connectivity index (χ3v) is 3.20. The highest BCUT2D eigenvalue weighted by atomic mass is 32.2. The molecule has 0 spiro atoms. The molecule has 0 aliphatic heterocycles. The van der Waals surface area contributed by atoms with Gasteiger partial charge in [-0.2, -0.15) is 11.8 Å². The van der Waals surface area contributed by atoms with Gasteiger partial charge in [0.05, 0.1) is 5.75 Å². The summed E-state index contributed by atoms with van der Waals surface area (Å²) in [6, 6.07) is 0. The maximum absolute atomic E-state index is 9.89. The lowest BCUT2D eigenvalue weighted by atomic mass is 10.1. The second kappa shape index (κ2) is 13.0. The predicted molar refractivity (Wildman–Crippen MR) is 65.6 cm³/mol. The summed E-state index contributed by atoms with van der Waals surface area (Å²) in [5.41, 5.74) is 0. The SMILES string of the molecule is CCCCCCCCCCSC[C]=O. The molecule has 0 rings (SSSR count). The summed E-state index contributed by atoms with van der Waals surface area (Å²) in [5.74, 6) is 1.68. The van der Waals surface area contributed by atoms with E-state index < -0.39 is 0 Å². The molecule has 0 aromatic heterocycles. The molecular weight excluding hydrogens is 192 g/mol. The summed E-state index contributed by atoms with van der Waals surface area (Å²) in [6.07, 6.45) is 12.8. The molecule has 14 heavy (non-hydrogen) atoms. The van der Waals surface area contributed by atoms with Crippen LogP contribution in [0.5, 0.6) is 0 Å². The van der Waals surface area contributed by atoms with Crippen molar-refractivity contribution in [1.29, 1.82) is 0 Å². The molecular formula is C12H23OS. The van der Waals surface area contributed by atoms with Gasteiger partial charge in [0, 0.05) is 0 Å². The lowest BCUT2D eigenvalue weighted by molar-refractivity contribution is 0.560. The molecule has 0 aliphatic carbocycles. The first-order valence-electron chi connectivity index (χ1n) is 5.84. The van der Waals surface area contributed by atoms with Gasteiger partial charge in [-0.3, -0.25) is 4.79 Å². The summed E-state index contributed by atoms with van der Waals surface area (Å²) in [6.45, 7) is 2.25. The molecule has 2 heteroatoms. The molecule has 0 saturated heterocycles. The number of thioether (sulfide) groups is 1. The van der Waals surface area contributed by atoms with Crippen LogP contribution in [-0.2, 0) is 4.79 Å². The third-order valence-electron chi connectivity index (χ3n) is 2.30. The lowest BCUT2D eigenvalue weighted by Crippen LogP contribution is -1.85. The number of unbranched alkanes of at least 4 members (excludes halogenated alkanes) is 7. The molecule has 0 unspecified atom stereocenters. The smallest absolute Gasteiger partial charge is 0.209 e. The maximum atomic E-state index is 9.89. The molecule has 0 N–H and O–H groups in total. The number of hydrogen-bond acceptors (Lipinski definition) is 2. The highest BCUT2D eigenvalue weighted by molar-refractivity contribution is 7.99. The predicted octanol–water partition coefficient (Wildman–Crippen LogP) is 3.97. The van der Waals surface area contributed by atoms with E-state index in [1.807, 2.05) is 6.29 Å². The van der Waals surface area contributed by atoms with Gasteiger partial charge in [0.1, 0.15) is 0 Å². The van der Waals surface area contributed by atoms with Crippen LogP contribution in [0.4, 0.5) is 0 Å². The van der Waals surface area contributed by atoms with Gasteiger partial charge in [-0.1, -0.05) is 51.9 Å². The minimum absolute atomic E-state index is 0.552. The molecule has 0 aliphatic rings. The van der Waals surface area contributed by atoms with E-state index in [-0.39, 0.29) is 0 Å². The van der Waals surface area contributed by atoms with Crippen molar-refractivity contribution in [2.45, 2.75) is 58.3 Å². The zero-order valence-corrected chi connectivity index (χ0v) is 10.2. The van der Waals surface area contributed by atoms with Crippen LogP contribution in [0.15, 0.2) is 0 Å². The molecule has 0 aromatic rings. The van der Waals surface area contributed by atoms with Gasteiger partial charge in [0.25, 0.3) is 0 Å². The number of hydrogen-bond donors (Lipinski definition) is 0. The van der Waals surface area contributed by atoms with Gasteiger partial charge in [0.15, 0.2) is 0 Å². The van der Waals surface area contributed by atoms with Crippen LogP contribution in [0.25, 0.3) is 0 Å². The van der Waals surface area contributed by atoms with Crippen molar-refractivity contribution >= 4 is 18.0 Å². The van der Waals surface area contributed by atoms with Crippen LogP contribution in [0.3, 0.4) is 0 Å². The minimum Gasteiger partial charge on any atom is -0.290 e. The van der Waals surface area contributed by atoms with Crippen LogP contribution in [0.1, 0.15) is 58.3 Å². The largest absolute Gasteiger partial charge is 0.290 e. The van der Waals surface area contributed by atoms with E-state index in [4.69, 9.17) is 0 Å². The van der Waals surface area contributed by atoms with Crippen molar-refractivity contribution in [3.63, 3.8) is 0 Å². The zero-order chi connectivity index (χ0) is 10.5. The van der Waals surface area contributed by atoms with E-state index in [1.165, 1.54) is 51.4 Å². The standard InChI is InChI=1S/C12H23OS/c1-2-3-4-5-6-7-8-9-11-14-12-10-13/h2-9,11-12H2,1H3. The molecule has 0 atom stereocenters. The van der Waals surface area contributed by atoms with E-state index in [9.17, 15) is 4.79 Å². The highest BCUT2D eigenvalue weighted by Crippen LogP contribution is 2.10. The Bertz CT molecular complexity index is 115. The fraction of sp³-hybridized carbons (Fsp3) is 0.917. The summed E-state index contributed by atoms with van der Waals surface area (Å²) in [5, 5.41) is 0. The molecule has 1 nitrogen and oxygen atoms in total. The first kappa shape index (κ1) is 14.0. The highest BCUT2D eigenvalue weighted by Gasteiger charge is 1.92. The van der Waals surface area contributed by atoms with E-state index in [1.54, 1.807) is 11.8 Å². The zero-order valence-electron chi connectivity index (χ0n) is 9.39. The Morgan fingerprint density at radius 2 is 1.50 bits per heavy atom. The first-order valence-corrected chi connectivity index (χ1v) is 7.00. The average molecular weight is 215 g/mol. The molecule has 0 aromatic carbocycles. The molecule has 0 amide bonds. The van der Waals surface area contributed by atoms with Crippen LogP contribution >= 0.6 is 11.8 Å². The Labute approximate surface area is 93.0 Å². The van der Waals surface area contributed by atoms with Crippen LogP contribution in [0.2, 0.25) is 0 Å². The molecule has 0 heterocycles. The number of rotatable bonds is 11. The topological polar surface area (TPSA) is 17.1 Å². The maximum Gasteiger partial charge on any atom is 0.209 e. The van der Waals surface area contributed by atoms with Crippen molar-refractivity contribution in [1.82, 2.24) is 0 Å². The van der Waals surface area contributed by atoms with E-state index in [0.717, 1.165) is 5.75 Å². The van der Waals surface area contributed by atoms with Gasteiger partial charge in [-0.25, -0.2) is 0 Å². The summed E-state index contributed by atoms with van der Waals surface area (Å²) >= 11 is 1.70. The Hall–Kier alpha value is 0.0200. The second-order valence-electron chi connectivity index (χ2n) is 3.67. The van der Waals surface area contributed by atoms with Crippen molar-refractivity contribution in [3.05, 3.63) is 0 Å². The fourth-order valence-electron chi connectivity index (χ4n) is 1.45. The van der Waals surface area contributed by atoms with E-state index in [0.29, 0.717) is 5.75 Å². The van der Waals surface area contributed by atoms with Gasteiger partial charge < -0.3 is 0 Å². The van der Waals surface area contributed by atoms with Gasteiger partial charge >= 0.3 is 0 Å². The minimum atomic E-state index is 0.552. The van der Waals surface area contributed by atoms with E-state index in [2.05, 4.69) is 6.92 Å². The average Bonchev–Trinajstić information content (AvgIpc) is 2.21. The van der Waals surface area contributed by atoms with Crippen molar-refractivity contribution in [3.8, 4) is 0 Å². The quantitative estimate of drug-likeness (QED) is 0.485. The van der Waals surface area contributed by atoms with Crippen LogP contribution in [0, 0.1) is 0 Å². The second-order valence-corrected chi connectivity index (χ2v) is 4.78. The fourth-order valence-corrected chi connectivity index (χ4v) is 2.09. The molecule has 0 bridgehead atoms. The van der Waals surface area contributed by atoms with Crippen molar-refractivity contribution in [2.75, 3.05) is 11.5 Å². The summed E-state index contributed by atoms with van der Waals surface area (Å²) in [7, 11) is 0. The van der Waals surface area contributed by atoms with Crippen LogP contribution < -0.4 is 0 Å². The Balaban J connectivity index is 2.81. The summed E-state index contributed by atoms with van der Waals surface area (Å²) < 4.78 is 0. The lowest BCUT2D eigenvalue weighted by Gasteiger charge is -2.00. The first-order chi connectivity index (χ1) is 6.91. The molecule has 1 radical (unpaired) electrons. The Morgan fingerprint density at radius 3 is 2.07 bits per heavy atom.